The van der Waals surface area contributed by atoms with Crippen molar-refractivity contribution >= 4 is 16.7 Å². The molecule has 2 nitrogen and oxygen atoms in total. The highest BCUT2D eigenvalue weighted by atomic mass is 16.5. The van der Waals surface area contributed by atoms with Crippen molar-refractivity contribution in [3.63, 3.8) is 0 Å². The van der Waals surface area contributed by atoms with Gasteiger partial charge in [-0.15, -0.1) is 0 Å². The van der Waals surface area contributed by atoms with Crippen LogP contribution in [0.15, 0.2) is 42.5 Å². The topological polar surface area (TPSA) is 26.3 Å². The first-order valence-corrected chi connectivity index (χ1v) is 8.44. The Morgan fingerprint density at radius 3 is 2.50 bits per heavy atom. The SMILES string of the molecule is CCCCCC[C@@H](CC)OC(=O)c1ccc2ccccc2c1. The van der Waals surface area contributed by atoms with Gasteiger partial charge in [-0.3, -0.25) is 0 Å². The number of carbonyl (C=O) groups excluding carboxylic acids is 1. The van der Waals surface area contributed by atoms with Crippen molar-refractivity contribution in [3.05, 3.63) is 48.0 Å². The second-order valence-electron chi connectivity index (χ2n) is 5.85. The van der Waals surface area contributed by atoms with E-state index in [1.54, 1.807) is 0 Å². The summed E-state index contributed by atoms with van der Waals surface area (Å²) in [6.45, 7) is 4.29. The molecule has 0 saturated heterocycles. The summed E-state index contributed by atoms with van der Waals surface area (Å²) in [5, 5.41) is 2.22. The van der Waals surface area contributed by atoms with Crippen LogP contribution in [0, 0.1) is 0 Å². The van der Waals surface area contributed by atoms with Gasteiger partial charge in [-0.1, -0.05) is 63.4 Å². The van der Waals surface area contributed by atoms with Crippen molar-refractivity contribution in [3.8, 4) is 0 Å². The molecule has 0 radical (unpaired) electrons. The first-order chi connectivity index (χ1) is 10.7. The van der Waals surface area contributed by atoms with Gasteiger partial charge in [-0.25, -0.2) is 4.79 Å². The van der Waals surface area contributed by atoms with E-state index in [9.17, 15) is 4.79 Å². The maximum absolute atomic E-state index is 12.3. The third-order valence-corrected chi connectivity index (χ3v) is 4.09. The number of ether oxygens (including phenoxy) is 1. The van der Waals surface area contributed by atoms with E-state index in [0.29, 0.717) is 5.56 Å². The van der Waals surface area contributed by atoms with E-state index in [-0.39, 0.29) is 12.1 Å². The number of esters is 1. The minimum Gasteiger partial charge on any atom is -0.459 e. The van der Waals surface area contributed by atoms with Crippen LogP contribution in [-0.4, -0.2) is 12.1 Å². The fraction of sp³-hybridized carbons (Fsp3) is 0.450. The summed E-state index contributed by atoms with van der Waals surface area (Å²) in [6, 6.07) is 13.8. The van der Waals surface area contributed by atoms with E-state index in [4.69, 9.17) is 4.74 Å². The molecule has 1 atom stereocenters. The van der Waals surface area contributed by atoms with Gasteiger partial charge in [-0.05, 0) is 42.2 Å². The normalized spacial score (nSPS) is 12.3. The molecule has 0 aliphatic carbocycles. The fourth-order valence-corrected chi connectivity index (χ4v) is 2.68. The Kier molecular flexibility index (Phi) is 6.45. The Balaban J connectivity index is 1.96. The predicted molar refractivity (Wildman–Crippen MR) is 92.2 cm³/mol. The van der Waals surface area contributed by atoms with E-state index in [0.717, 1.165) is 30.0 Å². The average Bonchev–Trinajstić information content (AvgIpc) is 2.57. The van der Waals surface area contributed by atoms with E-state index >= 15 is 0 Å². The molecule has 2 aromatic rings. The van der Waals surface area contributed by atoms with Gasteiger partial charge in [0.1, 0.15) is 6.10 Å². The van der Waals surface area contributed by atoms with Crippen molar-refractivity contribution in [2.45, 2.75) is 58.5 Å². The molecule has 0 spiro atoms. The lowest BCUT2D eigenvalue weighted by molar-refractivity contribution is 0.0267. The summed E-state index contributed by atoms with van der Waals surface area (Å²) in [4.78, 5) is 12.3. The van der Waals surface area contributed by atoms with Gasteiger partial charge < -0.3 is 4.74 Å². The van der Waals surface area contributed by atoms with Crippen LogP contribution in [0.2, 0.25) is 0 Å². The molecule has 0 unspecified atom stereocenters. The molecule has 2 aromatic carbocycles. The quantitative estimate of drug-likeness (QED) is 0.458. The van der Waals surface area contributed by atoms with Gasteiger partial charge in [0.15, 0.2) is 0 Å². The molecule has 0 bridgehead atoms. The molecule has 2 heteroatoms. The monoisotopic (exact) mass is 298 g/mol. The molecular formula is C20H26O2. The minimum atomic E-state index is -0.201. The number of fused-ring (bicyclic) bond motifs is 1. The van der Waals surface area contributed by atoms with Crippen LogP contribution in [0.3, 0.4) is 0 Å². The van der Waals surface area contributed by atoms with Gasteiger partial charge in [-0.2, -0.15) is 0 Å². The summed E-state index contributed by atoms with van der Waals surface area (Å²) >= 11 is 0. The smallest absolute Gasteiger partial charge is 0.338 e. The Hall–Kier alpha value is -1.83. The van der Waals surface area contributed by atoms with Crippen molar-refractivity contribution in [1.29, 1.82) is 0 Å². The van der Waals surface area contributed by atoms with Crippen LogP contribution in [0.4, 0.5) is 0 Å². The number of rotatable bonds is 8. The van der Waals surface area contributed by atoms with E-state index in [2.05, 4.69) is 13.8 Å². The standard InChI is InChI=1S/C20H26O2/c1-3-5-6-7-12-19(4-2)22-20(21)18-14-13-16-10-8-9-11-17(16)15-18/h8-11,13-15,19H,3-7,12H2,1-2H3/t19-/m1/s1. The van der Waals surface area contributed by atoms with Gasteiger partial charge in [0.2, 0.25) is 0 Å². The summed E-state index contributed by atoms with van der Waals surface area (Å²) in [5.41, 5.74) is 0.644. The number of unbranched alkanes of at least 4 members (excludes halogenated alkanes) is 3. The highest BCUT2D eigenvalue weighted by Gasteiger charge is 2.14. The lowest BCUT2D eigenvalue weighted by atomic mass is 10.1. The molecule has 118 valence electrons. The lowest BCUT2D eigenvalue weighted by Gasteiger charge is -2.16. The maximum Gasteiger partial charge on any atom is 0.338 e. The van der Waals surface area contributed by atoms with Crippen molar-refractivity contribution < 1.29 is 9.53 Å². The highest BCUT2D eigenvalue weighted by Crippen LogP contribution is 2.18. The molecule has 2 rings (SSSR count). The summed E-state index contributed by atoms with van der Waals surface area (Å²) < 4.78 is 5.68. The van der Waals surface area contributed by atoms with Crippen LogP contribution < -0.4 is 0 Å². The van der Waals surface area contributed by atoms with Crippen LogP contribution in [0.1, 0.15) is 62.7 Å². The maximum atomic E-state index is 12.3. The van der Waals surface area contributed by atoms with Gasteiger partial charge in [0.25, 0.3) is 0 Å². The van der Waals surface area contributed by atoms with E-state index < -0.39 is 0 Å². The number of hydrogen-bond donors (Lipinski definition) is 0. The Labute approximate surface area is 133 Å². The molecular weight excluding hydrogens is 272 g/mol. The third kappa shape index (κ3) is 4.59. The Morgan fingerprint density at radius 1 is 1.00 bits per heavy atom. The van der Waals surface area contributed by atoms with E-state index in [1.165, 1.54) is 19.3 Å². The Morgan fingerprint density at radius 2 is 1.77 bits per heavy atom. The van der Waals surface area contributed by atoms with E-state index in [1.807, 2.05) is 42.5 Å². The number of hydrogen-bond acceptors (Lipinski definition) is 2. The molecule has 0 heterocycles. The summed E-state index contributed by atoms with van der Waals surface area (Å²) in [5.74, 6) is -0.201. The molecule has 22 heavy (non-hydrogen) atoms. The number of carbonyl (C=O) groups is 1. The van der Waals surface area contributed by atoms with Crippen LogP contribution >= 0.6 is 0 Å². The van der Waals surface area contributed by atoms with Crippen LogP contribution in [-0.2, 0) is 4.74 Å². The molecule has 0 aliphatic heterocycles. The minimum absolute atomic E-state index is 0.0378. The van der Waals surface area contributed by atoms with Gasteiger partial charge in [0, 0.05) is 0 Å². The predicted octanol–water partition coefficient (Wildman–Crippen LogP) is 5.75. The zero-order valence-electron chi connectivity index (χ0n) is 13.7. The molecule has 0 fully saturated rings. The average molecular weight is 298 g/mol. The van der Waals surface area contributed by atoms with Crippen molar-refractivity contribution in [2.75, 3.05) is 0 Å². The zero-order chi connectivity index (χ0) is 15.8. The lowest BCUT2D eigenvalue weighted by Crippen LogP contribution is -2.17. The number of benzene rings is 2. The second-order valence-corrected chi connectivity index (χ2v) is 5.85. The van der Waals surface area contributed by atoms with Crippen molar-refractivity contribution in [2.24, 2.45) is 0 Å². The first-order valence-electron chi connectivity index (χ1n) is 8.44. The molecule has 0 aliphatic rings. The molecule has 0 N–H and O–H groups in total. The Bertz CT molecular complexity index is 603. The van der Waals surface area contributed by atoms with Gasteiger partial charge >= 0.3 is 5.97 Å². The van der Waals surface area contributed by atoms with Crippen LogP contribution in [0.5, 0.6) is 0 Å². The fourth-order valence-electron chi connectivity index (χ4n) is 2.68. The summed E-state index contributed by atoms with van der Waals surface area (Å²) in [7, 11) is 0. The first kappa shape index (κ1) is 16.5. The zero-order valence-corrected chi connectivity index (χ0v) is 13.7. The van der Waals surface area contributed by atoms with Crippen LogP contribution in [0.25, 0.3) is 10.8 Å². The van der Waals surface area contributed by atoms with Gasteiger partial charge in [0.05, 0.1) is 5.56 Å². The molecule has 0 aromatic heterocycles. The third-order valence-electron chi connectivity index (χ3n) is 4.09. The summed E-state index contributed by atoms with van der Waals surface area (Å²) in [6.07, 6.45) is 6.73. The second kappa shape index (κ2) is 8.57. The van der Waals surface area contributed by atoms with Crippen molar-refractivity contribution in [1.82, 2.24) is 0 Å². The molecule has 0 amide bonds. The largest absolute Gasteiger partial charge is 0.459 e. The molecule has 0 saturated carbocycles. The highest BCUT2D eigenvalue weighted by molar-refractivity contribution is 5.95.